The lowest BCUT2D eigenvalue weighted by Crippen LogP contribution is -2.14. The summed E-state index contributed by atoms with van der Waals surface area (Å²) in [7, 11) is 0. The summed E-state index contributed by atoms with van der Waals surface area (Å²) >= 11 is 16.4. The van der Waals surface area contributed by atoms with Crippen molar-refractivity contribution in [1.29, 1.82) is 0 Å². The number of halogens is 3. The molecule has 106 valence electrons. The summed E-state index contributed by atoms with van der Waals surface area (Å²) in [6, 6.07) is 6.57. The molecule has 2 aromatic rings. The second-order valence-corrected chi connectivity index (χ2v) is 6.13. The van der Waals surface area contributed by atoms with E-state index in [0.717, 1.165) is 11.4 Å². The van der Waals surface area contributed by atoms with E-state index in [1.165, 1.54) is 6.07 Å². The van der Waals surface area contributed by atoms with Gasteiger partial charge in [-0.1, -0.05) is 29.3 Å². The van der Waals surface area contributed by atoms with Gasteiger partial charge in [0.1, 0.15) is 21.7 Å². The molecule has 0 saturated carbocycles. The van der Waals surface area contributed by atoms with Crippen LogP contribution in [-0.4, -0.2) is 10.9 Å². The van der Waals surface area contributed by atoms with Gasteiger partial charge in [-0.2, -0.15) is 8.73 Å². The number of fused-ring (bicyclic) bond motifs is 1. The minimum atomic E-state index is -0.394. The van der Waals surface area contributed by atoms with Gasteiger partial charge in [-0.05, 0) is 34.1 Å². The topological polar surface area (TPSA) is 66.7 Å². The second-order valence-electron chi connectivity index (χ2n) is 3.98. The zero-order valence-electron chi connectivity index (χ0n) is 10.1. The van der Waals surface area contributed by atoms with Crippen molar-refractivity contribution in [3.8, 4) is 0 Å². The van der Waals surface area contributed by atoms with Gasteiger partial charge >= 0.3 is 0 Å². The largest absolute Gasteiger partial charge is 0.317 e. The van der Waals surface area contributed by atoms with E-state index < -0.39 is 5.91 Å². The normalized spacial score (nSPS) is 12.0. The maximum absolute atomic E-state index is 12.2. The van der Waals surface area contributed by atoms with Crippen molar-refractivity contribution >= 4 is 73.5 Å². The first-order valence-electron chi connectivity index (χ1n) is 5.60. The molecule has 9 heteroatoms. The van der Waals surface area contributed by atoms with E-state index in [2.05, 4.69) is 35.0 Å². The van der Waals surface area contributed by atoms with Gasteiger partial charge in [0.05, 0.1) is 27.1 Å². The predicted octanol–water partition coefficient (Wildman–Crippen LogP) is 5.13. The zero-order valence-corrected chi connectivity index (χ0v) is 14.0. The SMILES string of the molecule is O=C(Nc1c(Cl)cc(Cl)c2c1N=S=N2)c1cccc(Br)n1. The summed E-state index contributed by atoms with van der Waals surface area (Å²) in [5.41, 5.74) is 1.59. The minimum absolute atomic E-state index is 0.256. The molecule has 1 aliphatic heterocycles. The summed E-state index contributed by atoms with van der Waals surface area (Å²) in [6.45, 7) is 0. The molecular formula is C12H5BrCl2N4OS. The minimum Gasteiger partial charge on any atom is -0.317 e. The van der Waals surface area contributed by atoms with Crippen LogP contribution in [0.1, 0.15) is 10.5 Å². The molecule has 1 aliphatic rings. The third-order valence-electron chi connectivity index (χ3n) is 2.63. The third kappa shape index (κ3) is 2.87. The fraction of sp³-hybridized carbons (Fsp3) is 0. The highest BCUT2D eigenvalue weighted by atomic mass is 79.9. The summed E-state index contributed by atoms with van der Waals surface area (Å²) in [5.74, 6) is -0.394. The van der Waals surface area contributed by atoms with Gasteiger partial charge in [0.25, 0.3) is 5.91 Å². The molecule has 0 atom stereocenters. The summed E-state index contributed by atoms with van der Waals surface area (Å²) in [6.07, 6.45) is 0. The number of amides is 1. The Morgan fingerprint density at radius 3 is 2.71 bits per heavy atom. The lowest BCUT2D eigenvalue weighted by atomic mass is 10.2. The summed E-state index contributed by atoms with van der Waals surface area (Å²) < 4.78 is 8.77. The molecule has 0 unspecified atom stereocenters. The van der Waals surface area contributed by atoms with Gasteiger partial charge in [-0.3, -0.25) is 4.79 Å². The van der Waals surface area contributed by atoms with Crippen LogP contribution in [0, 0.1) is 0 Å². The van der Waals surface area contributed by atoms with Gasteiger partial charge in [0, 0.05) is 0 Å². The molecule has 3 rings (SSSR count). The van der Waals surface area contributed by atoms with E-state index in [4.69, 9.17) is 23.2 Å². The Morgan fingerprint density at radius 1 is 1.19 bits per heavy atom. The quantitative estimate of drug-likeness (QED) is 0.602. The molecule has 0 saturated heterocycles. The maximum atomic E-state index is 12.2. The van der Waals surface area contributed by atoms with E-state index in [0.29, 0.717) is 31.7 Å². The Labute approximate surface area is 141 Å². The number of hydrogen-bond acceptors (Lipinski definition) is 4. The van der Waals surface area contributed by atoms with Gasteiger partial charge in [-0.15, -0.1) is 0 Å². The summed E-state index contributed by atoms with van der Waals surface area (Å²) in [4.78, 5) is 16.3. The molecule has 1 aromatic carbocycles. The molecule has 1 N–H and O–H groups in total. The number of pyridine rings is 1. The van der Waals surface area contributed by atoms with Crippen LogP contribution in [-0.2, 0) is 11.4 Å². The van der Waals surface area contributed by atoms with Gasteiger partial charge in [0.15, 0.2) is 0 Å². The van der Waals surface area contributed by atoms with Crippen LogP contribution in [0.25, 0.3) is 0 Å². The number of anilines is 1. The number of hydrogen-bond donors (Lipinski definition) is 1. The van der Waals surface area contributed by atoms with Crippen LogP contribution < -0.4 is 5.32 Å². The Morgan fingerprint density at radius 2 is 1.95 bits per heavy atom. The van der Waals surface area contributed by atoms with Crippen molar-refractivity contribution in [3.63, 3.8) is 0 Å². The Bertz CT molecular complexity index is 836. The van der Waals surface area contributed by atoms with Crippen molar-refractivity contribution < 1.29 is 4.79 Å². The fourth-order valence-corrected chi connectivity index (χ4v) is 3.21. The Balaban J connectivity index is 1.98. The second kappa shape index (κ2) is 5.84. The van der Waals surface area contributed by atoms with Crippen molar-refractivity contribution in [2.75, 3.05) is 5.32 Å². The van der Waals surface area contributed by atoms with Gasteiger partial charge < -0.3 is 5.32 Å². The molecular weight excluding hydrogens is 399 g/mol. The molecule has 1 amide bonds. The highest BCUT2D eigenvalue weighted by molar-refractivity contribution is 9.10. The van der Waals surface area contributed by atoms with Crippen molar-refractivity contribution in [2.24, 2.45) is 8.73 Å². The first kappa shape index (κ1) is 14.6. The lowest BCUT2D eigenvalue weighted by Gasteiger charge is -2.10. The Kier molecular flexibility index (Phi) is 4.08. The lowest BCUT2D eigenvalue weighted by molar-refractivity contribution is 0.102. The smallest absolute Gasteiger partial charge is 0.274 e. The number of benzene rings is 1. The third-order valence-corrected chi connectivity index (χ3v) is 4.19. The van der Waals surface area contributed by atoms with Crippen molar-refractivity contribution in [3.05, 3.63) is 44.6 Å². The van der Waals surface area contributed by atoms with Crippen LogP contribution in [0.5, 0.6) is 0 Å². The zero-order chi connectivity index (χ0) is 15.0. The fourth-order valence-electron chi connectivity index (χ4n) is 1.71. The van der Waals surface area contributed by atoms with Gasteiger partial charge in [0.2, 0.25) is 0 Å². The standard InChI is InChI=1S/C12H5BrCl2N4OS/c13-8-3-1-2-7(16-8)12(20)17-9-5(14)4-6(15)10-11(9)19-21-18-10/h1-4H,(H,17,20). The van der Waals surface area contributed by atoms with Crippen LogP contribution in [0.4, 0.5) is 17.1 Å². The van der Waals surface area contributed by atoms with E-state index in [-0.39, 0.29) is 5.69 Å². The first-order chi connectivity index (χ1) is 10.1. The molecule has 1 aromatic heterocycles. The average molecular weight is 404 g/mol. The first-order valence-corrected chi connectivity index (χ1v) is 7.88. The van der Waals surface area contributed by atoms with Crippen LogP contribution in [0.3, 0.4) is 0 Å². The summed E-state index contributed by atoms with van der Waals surface area (Å²) in [5, 5.41) is 3.39. The molecule has 0 aliphatic carbocycles. The predicted molar refractivity (Wildman–Crippen MR) is 87.9 cm³/mol. The molecule has 2 heterocycles. The van der Waals surface area contributed by atoms with Crippen LogP contribution in [0.15, 0.2) is 37.6 Å². The number of aromatic nitrogens is 1. The number of rotatable bonds is 2. The van der Waals surface area contributed by atoms with E-state index in [9.17, 15) is 4.79 Å². The molecule has 21 heavy (non-hydrogen) atoms. The molecule has 0 fully saturated rings. The van der Waals surface area contributed by atoms with Crippen LogP contribution >= 0.6 is 39.1 Å². The molecule has 5 nitrogen and oxygen atoms in total. The molecule has 0 radical (unpaired) electrons. The Hall–Kier alpha value is -1.28. The molecule has 0 spiro atoms. The number of nitrogens with zero attached hydrogens (tertiary/aromatic N) is 3. The van der Waals surface area contributed by atoms with Crippen LogP contribution in [0.2, 0.25) is 10.0 Å². The van der Waals surface area contributed by atoms with E-state index >= 15 is 0 Å². The number of carbonyl (C=O) groups is 1. The van der Waals surface area contributed by atoms with Gasteiger partial charge in [-0.25, -0.2) is 4.98 Å². The number of nitrogens with one attached hydrogen (secondary N) is 1. The molecule has 0 bridgehead atoms. The van der Waals surface area contributed by atoms with Crippen molar-refractivity contribution in [2.45, 2.75) is 0 Å². The van der Waals surface area contributed by atoms with Crippen molar-refractivity contribution in [1.82, 2.24) is 4.98 Å². The highest BCUT2D eigenvalue weighted by Crippen LogP contribution is 2.47. The van der Waals surface area contributed by atoms with E-state index in [1.54, 1.807) is 18.2 Å². The number of carbonyl (C=O) groups excluding carboxylic acids is 1. The maximum Gasteiger partial charge on any atom is 0.274 e. The average Bonchev–Trinajstić information content (AvgIpc) is 2.93. The highest BCUT2D eigenvalue weighted by Gasteiger charge is 2.21. The van der Waals surface area contributed by atoms with E-state index in [1.807, 2.05) is 0 Å². The monoisotopic (exact) mass is 402 g/mol.